The molecule has 0 N–H and O–H groups in total. The second-order valence-electron chi connectivity index (χ2n) is 3.48. The van der Waals surface area contributed by atoms with Crippen molar-refractivity contribution in [3.8, 4) is 0 Å². The van der Waals surface area contributed by atoms with Crippen LogP contribution in [0.5, 0.6) is 0 Å². The Kier molecular flexibility index (Phi) is 3.97. The van der Waals surface area contributed by atoms with Gasteiger partial charge >= 0.3 is 0 Å². The minimum atomic E-state index is 1.02. The maximum atomic E-state index is 3.48. The zero-order valence-electron chi connectivity index (χ0n) is 8.44. The highest BCUT2D eigenvalue weighted by molar-refractivity contribution is 9.10. The number of nitrogens with zero attached hydrogens (tertiary/aromatic N) is 1. The SMILES string of the molecule is CN(Cc1cccs1)Cc1cc(Br)cs1. The topological polar surface area (TPSA) is 3.24 Å². The van der Waals surface area contributed by atoms with Gasteiger partial charge in [-0.1, -0.05) is 6.07 Å². The number of halogens is 1. The third kappa shape index (κ3) is 3.41. The first-order valence-corrected chi connectivity index (χ1v) is 7.23. The first-order chi connectivity index (χ1) is 7.24. The average Bonchev–Trinajstić information content (AvgIpc) is 2.77. The van der Waals surface area contributed by atoms with Crippen molar-refractivity contribution < 1.29 is 0 Å². The van der Waals surface area contributed by atoms with Crippen LogP contribution >= 0.6 is 38.6 Å². The quantitative estimate of drug-likeness (QED) is 0.818. The maximum absolute atomic E-state index is 3.48. The molecule has 1 nitrogen and oxygen atoms in total. The Balaban J connectivity index is 1.90. The number of hydrogen-bond acceptors (Lipinski definition) is 3. The average molecular weight is 302 g/mol. The van der Waals surface area contributed by atoms with E-state index in [0.717, 1.165) is 13.1 Å². The molecule has 0 aromatic carbocycles. The molecule has 0 radical (unpaired) electrons. The van der Waals surface area contributed by atoms with Crippen molar-refractivity contribution in [2.45, 2.75) is 13.1 Å². The summed E-state index contributed by atoms with van der Waals surface area (Å²) >= 11 is 7.10. The van der Waals surface area contributed by atoms with Gasteiger partial charge in [0, 0.05) is 32.7 Å². The van der Waals surface area contributed by atoms with Crippen molar-refractivity contribution in [2.24, 2.45) is 0 Å². The molecule has 0 bridgehead atoms. The van der Waals surface area contributed by atoms with Gasteiger partial charge in [0.1, 0.15) is 0 Å². The second-order valence-corrected chi connectivity index (χ2v) is 6.43. The van der Waals surface area contributed by atoms with Crippen molar-refractivity contribution in [1.82, 2.24) is 4.90 Å². The monoisotopic (exact) mass is 301 g/mol. The van der Waals surface area contributed by atoms with Gasteiger partial charge in [0.2, 0.25) is 0 Å². The predicted molar refractivity (Wildman–Crippen MR) is 71.5 cm³/mol. The van der Waals surface area contributed by atoms with Gasteiger partial charge in [-0.15, -0.1) is 22.7 Å². The van der Waals surface area contributed by atoms with Crippen molar-refractivity contribution in [3.05, 3.63) is 43.2 Å². The first-order valence-electron chi connectivity index (χ1n) is 4.68. The molecule has 0 aliphatic rings. The van der Waals surface area contributed by atoms with Gasteiger partial charge < -0.3 is 0 Å². The van der Waals surface area contributed by atoms with Gasteiger partial charge in [0.05, 0.1) is 0 Å². The zero-order valence-corrected chi connectivity index (χ0v) is 11.7. The molecular weight excluding hydrogens is 290 g/mol. The lowest BCUT2D eigenvalue weighted by molar-refractivity contribution is 0.325. The highest BCUT2D eigenvalue weighted by atomic mass is 79.9. The first kappa shape index (κ1) is 11.3. The van der Waals surface area contributed by atoms with Crippen LogP contribution in [0.4, 0.5) is 0 Å². The van der Waals surface area contributed by atoms with E-state index < -0.39 is 0 Å². The fourth-order valence-corrected chi connectivity index (χ4v) is 3.74. The molecule has 0 amide bonds. The van der Waals surface area contributed by atoms with Crippen molar-refractivity contribution in [2.75, 3.05) is 7.05 Å². The summed E-state index contributed by atoms with van der Waals surface area (Å²) in [6, 6.07) is 6.48. The van der Waals surface area contributed by atoms with Crippen LogP contribution in [0.2, 0.25) is 0 Å². The lowest BCUT2D eigenvalue weighted by Gasteiger charge is -2.13. The molecule has 0 atom stereocenters. The third-order valence-corrected chi connectivity index (χ3v) is 4.60. The van der Waals surface area contributed by atoms with Crippen LogP contribution < -0.4 is 0 Å². The minimum Gasteiger partial charge on any atom is -0.296 e. The predicted octanol–water partition coefficient (Wildman–Crippen LogP) is 4.20. The molecular formula is C11H12BrNS2. The van der Waals surface area contributed by atoms with E-state index in [0.29, 0.717) is 0 Å². The summed E-state index contributed by atoms with van der Waals surface area (Å²) < 4.78 is 1.19. The molecule has 15 heavy (non-hydrogen) atoms. The van der Waals surface area contributed by atoms with E-state index in [1.165, 1.54) is 14.2 Å². The van der Waals surface area contributed by atoms with Gasteiger partial charge in [-0.3, -0.25) is 4.90 Å². The molecule has 0 unspecified atom stereocenters. The maximum Gasteiger partial charge on any atom is 0.0329 e. The molecule has 0 spiro atoms. The van der Waals surface area contributed by atoms with E-state index in [1.54, 1.807) is 11.3 Å². The Bertz CT molecular complexity index is 408. The summed E-state index contributed by atoms with van der Waals surface area (Å²) in [4.78, 5) is 5.17. The summed E-state index contributed by atoms with van der Waals surface area (Å²) in [5.74, 6) is 0. The van der Waals surface area contributed by atoms with E-state index in [1.807, 2.05) is 11.3 Å². The standard InChI is InChI=1S/C11H12BrNS2/c1-13(6-10-3-2-4-14-10)7-11-5-9(12)8-15-11/h2-5,8H,6-7H2,1H3. The molecule has 0 aliphatic carbocycles. The van der Waals surface area contributed by atoms with Gasteiger partial charge in [-0.25, -0.2) is 0 Å². The van der Waals surface area contributed by atoms with Gasteiger partial charge in [0.15, 0.2) is 0 Å². The lowest BCUT2D eigenvalue weighted by atomic mass is 10.4. The smallest absolute Gasteiger partial charge is 0.0329 e. The highest BCUT2D eigenvalue weighted by Crippen LogP contribution is 2.21. The Labute approximate surface area is 106 Å². The lowest BCUT2D eigenvalue weighted by Crippen LogP contribution is -2.15. The largest absolute Gasteiger partial charge is 0.296 e. The fourth-order valence-electron chi connectivity index (χ4n) is 1.43. The van der Waals surface area contributed by atoms with E-state index in [9.17, 15) is 0 Å². The highest BCUT2D eigenvalue weighted by Gasteiger charge is 2.04. The third-order valence-electron chi connectivity index (χ3n) is 2.05. The van der Waals surface area contributed by atoms with E-state index in [2.05, 4.69) is 56.8 Å². The van der Waals surface area contributed by atoms with Crippen LogP contribution in [-0.2, 0) is 13.1 Å². The van der Waals surface area contributed by atoms with Crippen LogP contribution in [0.1, 0.15) is 9.75 Å². The Morgan fingerprint density at radius 2 is 2.07 bits per heavy atom. The van der Waals surface area contributed by atoms with Crippen LogP contribution in [-0.4, -0.2) is 11.9 Å². The Morgan fingerprint density at radius 1 is 1.27 bits per heavy atom. The second kappa shape index (κ2) is 5.25. The van der Waals surface area contributed by atoms with Crippen LogP contribution in [0, 0.1) is 0 Å². The molecule has 2 aromatic heterocycles. The van der Waals surface area contributed by atoms with Crippen LogP contribution in [0.25, 0.3) is 0 Å². The van der Waals surface area contributed by atoms with Crippen LogP contribution in [0.15, 0.2) is 33.4 Å². The molecule has 4 heteroatoms. The minimum absolute atomic E-state index is 1.02. The van der Waals surface area contributed by atoms with E-state index >= 15 is 0 Å². The normalized spacial score (nSPS) is 11.1. The summed E-state index contributed by atoms with van der Waals surface area (Å²) in [6.45, 7) is 2.06. The van der Waals surface area contributed by atoms with Gasteiger partial charge in [0.25, 0.3) is 0 Å². The molecule has 0 saturated heterocycles. The van der Waals surface area contributed by atoms with Gasteiger partial charge in [-0.2, -0.15) is 0 Å². The Hall–Kier alpha value is -0.160. The molecule has 80 valence electrons. The molecule has 2 heterocycles. The number of hydrogen-bond donors (Lipinski definition) is 0. The summed E-state index contributed by atoms with van der Waals surface area (Å²) in [5.41, 5.74) is 0. The number of thiophene rings is 2. The van der Waals surface area contributed by atoms with Crippen molar-refractivity contribution in [3.63, 3.8) is 0 Å². The van der Waals surface area contributed by atoms with Crippen molar-refractivity contribution >= 4 is 38.6 Å². The summed E-state index contributed by atoms with van der Waals surface area (Å²) in [5, 5.41) is 4.26. The van der Waals surface area contributed by atoms with Crippen LogP contribution in [0.3, 0.4) is 0 Å². The van der Waals surface area contributed by atoms with E-state index in [-0.39, 0.29) is 0 Å². The molecule has 0 aliphatic heterocycles. The summed E-state index contributed by atoms with van der Waals surface area (Å²) in [7, 11) is 2.16. The summed E-state index contributed by atoms with van der Waals surface area (Å²) in [6.07, 6.45) is 0. The molecule has 0 saturated carbocycles. The van der Waals surface area contributed by atoms with Crippen molar-refractivity contribution in [1.29, 1.82) is 0 Å². The molecule has 0 fully saturated rings. The fraction of sp³-hybridized carbons (Fsp3) is 0.273. The Morgan fingerprint density at radius 3 is 2.67 bits per heavy atom. The molecule has 2 rings (SSSR count). The zero-order chi connectivity index (χ0) is 10.7. The number of rotatable bonds is 4. The van der Waals surface area contributed by atoms with Gasteiger partial charge in [-0.05, 0) is 40.5 Å². The molecule has 2 aromatic rings. The van der Waals surface area contributed by atoms with E-state index in [4.69, 9.17) is 0 Å².